The van der Waals surface area contributed by atoms with E-state index in [0.29, 0.717) is 0 Å². The van der Waals surface area contributed by atoms with Crippen molar-refractivity contribution in [3.05, 3.63) is 36.0 Å². The molecule has 2 aliphatic rings. The van der Waals surface area contributed by atoms with E-state index < -0.39 is 0 Å². The largest absolute Gasteiger partial charge is 0.0845 e. The second kappa shape index (κ2) is 2.69. The van der Waals surface area contributed by atoms with Crippen molar-refractivity contribution in [2.45, 2.75) is 19.8 Å². The third-order valence-electron chi connectivity index (χ3n) is 2.50. The van der Waals surface area contributed by atoms with Crippen molar-refractivity contribution in [2.24, 2.45) is 11.8 Å². The smallest absolute Gasteiger partial charge is 0.00237 e. The van der Waals surface area contributed by atoms with E-state index in [-0.39, 0.29) is 0 Å². The summed E-state index contributed by atoms with van der Waals surface area (Å²) in [6.07, 6.45) is 14.1. The van der Waals surface area contributed by atoms with Gasteiger partial charge in [0.1, 0.15) is 0 Å². The fraction of sp³-hybridized carbons (Fsp3) is 0.455. The molecular formula is C11H14. The average molecular weight is 146 g/mol. The number of hydrogen-bond acceptors (Lipinski definition) is 0. The first-order valence-electron chi connectivity index (χ1n) is 4.46. The molecule has 0 fully saturated rings. The maximum absolute atomic E-state index is 2.40. The van der Waals surface area contributed by atoms with Crippen molar-refractivity contribution in [2.75, 3.05) is 0 Å². The van der Waals surface area contributed by atoms with E-state index in [4.69, 9.17) is 0 Å². The maximum atomic E-state index is 2.40. The molecule has 0 aliphatic heterocycles. The fourth-order valence-electron chi connectivity index (χ4n) is 1.90. The summed E-state index contributed by atoms with van der Waals surface area (Å²) >= 11 is 0. The Morgan fingerprint density at radius 3 is 3.00 bits per heavy atom. The fourth-order valence-corrected chi connectivity index (χ4v) is 1.90. The van der Waals surface area contributed by atoms with Gasteiger partial charge in [-0.15, -0.1) is 0 Å². The van der Waals surface area contributed by atoms with Gasteiger partial charge in [0.25, 0.3) is 0 Å². The van der Waals surface area contributed by atoms with Gasteiger partial charge in [-0.05, 0) is 24.3 Å². The molecule has 0 heteroatoms. The highest BCUT2D eigenvalue weighted by atomic mass is 14.3. The molecule has 2 rings (SSSR count). The molecule has 2 atom stereocenters. The van der Waals surface area contributed by atoms with E-state index in [1.165, 1.54) is 6.42 Å². The van der Waals surface area contributed by atoms with E-state index in [2.05, 4.69) is 37.3 Å². The SMILES string of the molecule is CCC=CC1=CC2C=CC1C2. The zero-order chi connectivity index (χ0) is 7.68. The van der Waals surface area contributed by atoms with Crippen molar-refractivity contribution in [3.63, 3.8) is 0 Å². The predicted octanol–water partition coefficient (Wildman–Crippen LogP) is 3.08. The Morgan fingerprint density at radius 2 is 2.45 bits per heavy atom. The number of hydrogen-bond donors (Lipinski definition) is 0. The van der Waals surface area contributed by atoms with Crippen LogP contribution in [0.4, 0.5) is 0 Å². The first-order chi connectivity index (χ1) is 5.40. The molecule has 0 aromatic carbocycles. The van der Waals surface area contributed by atoms with E-state index in [1.807, 2.05) is 0 Å². The second-order valence-electron chi connectivity index (χ2n) is 3.37. The molecule has 2 bridgehead atoms. The monoisotopic (exact) mass is 146 g/mol. The Hall–Kier alpha value is -0.780. The lowest BCUT2D eigenvalue weighted by Gasteiger charge is -2.02. The first-order valence-corrected chi connectivity index (χ1v) is 4.46. The van der Waals surface area contributed by atoms with Gasteiger partial charge in [0.05, 0.1) is 0 Å². The molecule has 11 heavy (non-hydrogen) atoms. The molecule has 0 aromatic rings. The van der Waals surface area contributed by atoms with Gasteiger partial charge in [-0.25, -0.2) is 0 Å². The normalized spacial score (nSPS) is 33.7. The van der Waals surface area contributed by atoms with Crippen LogP contribution >= 0.6 is 0 Å². The Bertz CT molecular complexity index is 230. The molecular weight excluding hydrogens is 132 g/mol. The van der Waals surface area contributed by atoms with Crippen molar-refractivity contribution >= 4 is 0 Å². The molecule has 2 aliphatic carbocycles. The summed E-state index contributed by atoms with van der Waals surface area (Å²) < 4.78 is 0. The van der Waals surface area contributed by atoms with Crippen molar-refractivity contribution in [3.8, 4) is 0 Å². The van der Waals surface area contributed by atoms with Gasteiger partial charge in [-0.2, -0.15) is 0 Å². The van der Waals surface area contributed by atoms with E-state index in [1.54, 1.807) is 5.57 Å². The number of rotatable bonds is 2. The number of allylic oxidation sites excluding steroid dienone is 6. The topological polar surface area (TPSA) is 0 Å². The Kier molecular flexibility index (Phi) is 1.69. The predicted molar refractivity (Wildman–Crippen MR) is 48.3 cm³/mol. The molecule has 0 radical (unpaired) electrons. The lowest BCUT2D eigenvalue weighted by molar-refractivity contribution is 0.721. The van der Waals surface area contributed by atoms with Crippen molar-refractivity contribution in [1.29, 1.82) is 0 Å². The lowest BCUT2D eigenvalue weighted by Crippen LogP contribution is -1.88. The van der Waals surface area contributed by atoms with Gasteiger partial charge < -0.3 is 0 Å². The molecule has 58 valence electrons. The standard InChI is InChI=1S/C11H14/c1-2-3-4-10-7-9-5-6-11(10)8-9/h3-7,9,11H,2,8H2,1H3. The Balaban J connectivity index is 2.07. The summed E-state index contributed by atoms with van der Waals surface area (Å²) in [7, 11) is 0. The molecule has 0 saturated carbocycles. The second-order valence-corrected chi connectivity index (χ2v) is 3.37. The molecule has 0 N–H and O–H groups in total. The van der Waals surface area contributed by atoms with Crippen LogP contribution in [-0.4, -0.2) is 0 Å². The molecule has 0 amide bonds. The van der Waals surface area contributed by atoms with Gasteiger partial charge in [0.15, 0.2) is 0 Å². The van der Waals surface area contributed by atoms with Gasteiger partial charge in [0, 0.05) is 5.92 Å². The molecule has 2 unspecified atom stereocenters. The van der Waals surface area contributed by atoms with E-state index in [9.17, 15) is 0 Å². The summed E-state index contributed by atoms with van der Waals surface area (Å²) in [5.41, 5.74) is 1.54. The minimum Gasteiger partial charge on any atom is -0.0845 e. The van der Waals surface area contributed by atoms with Gasteiger partial charge in [-0.3, -0.25) is 0 Å². The molecule has 0 aromatic heterocycles. The van der Waals surface area contributed by atoms with Crippen LogP contribution < -0.4 is 0 Å². The summed E-state index contributed by atoms with van der Waals surface area (Å²) in [5, 5.41) is 0. The Labute approximate surface area is 68.3 Å². The zero-order valence-corrected chi connectivity index (χ0v) is 6.96. The minimum absolute atomic E-state index is 0.753. The average Bonchev–Trinajstić information content (AvgIpc) is 2.60. The highest BCUT2D eigenvalue weighted by molar-refractivity contribution is 5.36. The third-order valence-corrected chi connectivity index (χ3v) is 2.50. The van der Waals surface area contributed by atoms with Crippen LogP contribution in [0.25, 0.3) is 0 Å². The van der Waals surface area contributed by atoms with E-state index in [0.717, 1.165) is 18.3 Å². The van der Waals surface area contributed by atoms with Crippen LogP contribution in [0.2, 0.25) is 0 Å². The van der Waals surface area contributed by atoms with Crippen LogP contribution in [0.15, 0.2) is 36.0 Å². The van der Waals surface area contributed by atoms with Gasteiger partial charge in [-0.1, -0.05) is 37.3 Å². The van der Waals surface area contributed by atoms with Crippen LogP contribution in [-0.2, 0) is 0 Å². The Morgan fingerprint density at radius 1 is 1.55 bits per heavy atom. The molecule has 0 heterocycles. The van der Waals surface area contributed by atoms with Crippen molar-refractivity contribution < 1.29 is 0 Å². The molecule has 0 nitrogen and oxygen atoms in total. The van der Waals surface area contributed by atoms with Gasteiger partial charge >= 0.3 is 0 Å². The van der Waals surface area contributed by atoms with Crippen LogP contribution in [0, 0.1) is 11.8 Å². The van der Waals surface area contributed by atoms with Crippen LogP contribution in [0.1, 0.15) is 19.8 Å². The summed E-state index contributed by atoms with van der Waals surface area (Å²) in [4.78, 5) is 0. The van der Waals surface area contributed by atoms with E-state index >= 15 is 0 Å². The highest BCUT2D eigenvalue weighted by Crippen LogP contribution is 2.38. The lowest BCUT2D eigenvalue weighted by atomic mass is 10.0. The van der Waals surface area contributed by atoms with Crippen LogP contribution in [0.3, 0.4) is 0 Å². The highest BCUT2D eigenvalue weighted by Gasteiger charge is 2.25. The maximum Gasteiger partial charge on any atom is 0.00237 e. The quantitative estimate of drug-likeness (QED) is 0.525. The summed E-state index contributed by atoms with van der Waals surface area (Å²) in [6, 6.07) is 0. The summed E-state index contributed by atoms with van der Waals surface area (Å²) in [5.74, 6) is 1.51. The number of fused-ring (bicyclic) bond motifs is 2. The first kappa shape index (κ1) is 6.90. The minimum atomic E-state index is 0.753. The van der Waals surface area contributed by atoms with Crippen LogP contribution in [0.5, 0.6) is 0 Å². The third kappa shape index (κ3) is 1.18. The molecule has 0 spiro atoms. The molecule has 0 saturated heterocycles. The zero-order valence-electron chi connectivity index (χ0n) is 6.96. The van der Waals surface area contributed by atoms with Gasteiger partial charge in [0.2, 0.25) is 0 Å². The summed E-state index contributed by atoms with van der Waals surface area (Å²) in [6.45, 7) is 2.18. The van der Waals surface area contributed by atoms with Crippen molar-refractivity contribution in [1.82, 2.24) is 0 Å².